The van der Waals surface area contributed by atoms with Gasteiger partial charge in [-0.15, -0.1) is 0 Å². The van der Waals surface area contributed by atoms with Crippen LogP contribution in [-0.2, 0) is 14.2 Å². The van der Waals surface area contributed by atoms with E-state index in [2.05, 4.69) is 20.3 Å². The Morgan fingerprint density at radius 1 is 1.05 bits per heavy atom. The topological polar surface area (TPSA) is 147 Å². The summed E-state index contributed by atoms with van der Waals surface area (Å²) in [5, 5.41) is 3.58. The predicted octanol–water partition coefficient (Wildman–Crippen LogP) is 2.27. The number of benzene rings is 1. The van der Waals surface area contributed by atoms with Crippen LogP contribution in [-0.4, -0.2) is 79.5 Å². The van der Waals surface area contributed by atoms with Crippen molar-refractivity contribution in [3.05, 3.63) is 48.0 Å². The summed E-state index contributed by atoms with van der Waals surface area (Å²) in [6.07, 6.45) is 5.75. The molecule has 7 rings (SSSR count). The van der Waals surface area contributed by atoms with Gasteiger partial charge in [-0.25, -0.2) is 15.0 Å². The molecule has 0 unspecified atom stereocenters. The number of hydrogen-bond donors (Lipinski definition) is 2. The monoisotopic (exact) mass is 547 g/mol. The number of carbonyl (C=O) groups excluding carboxylic acids is 2. The molecule has 4 aliphatic rings. The van der Waals surface area contributed by atoms with Gasteiger partial charge in [-0.05, 0) is 64.1 Å². The average molecular weight is 548 g/mol. The van der Waals surface area contributed by atoms with Gasteiger partial charge in [0.05, 0.1) is 23.6 Å². The molecule has 3 fully saturated rings. The molecule has 2 amide bonds. The Kier molecular flexibility index (Phi) is 6.11. The molecule has 12 heteroatoms. The lowest BCUT2D eigenvalue weighted by molar-refractivity contribution is -0.198. The first-order valence-corrected chi connectivity index (χ1v) is 13.9. The summed E-state index contributed by atoms with van der Waals surface area (Å²) >= 11 is 0. The van der Waals surface area contributed by atoms with Gasteiger partial charge in [0, 0.05) is 12.6 Å². The number of anilines is 1. The Labute approximate surface area is 231 Å². The highest BCUT2D eigenvalue weighted by atomic mass is 16.8. The summed E-state index contributed by atoms with van der Waals surface area (Å²) in [5.74, 6) is -0.265. The molecule has 0 bridgehead atoms. The predicted molar refractivity (Wildman–Crippen MR) is 143 cm³/mol. The van der Waals surface area contributed by atoms with Crippen molar-refractivity contribution < 1.29 is 23.8 Å². The number of aromatic nitrogens is 4. The maximum atomic E-state index is 12.5. The van der Waals surface area contributed by atoms with Crippen molar-refractivity contribution in [2.75, 3.05) is 18.8 Å². The number of nitrogens with two attached hydrogens (primary N) is 1. The van der Waals surface area contributed by atoms with Crippen molar-refractivity contribution in [2.24, 2.45) is 5.92 Å². The first kappa shape index (κ1) is 25.5. The van der Waals surface area contributed by atoms with Gasteiger partial charge in [0.25, 0.3) is 11.8 Å². The van der Waals surface area contributed by atoms with Gasteiger partial charge in [-0.2, -0.15) is 0 Å². The fourth-order valence-corrected chi connectivity index (χ4v) is 6.54. The van der Waals surface area contributed by atoms with E-state index >= 15 is 0 Å². The van der Waals surface area contributed by atoms with Crippen molar-refractivity contribution in [3.8, 4) is 0 Å². The van der Waals surface area contributed by atoms with E-state index in [9.17, 15) is 9.59 Å². The van der Waals surface area contributed by atoms with Gasteiger partial charge < -0.3 is 25.3 Å². The zero-order chi connectivity index (χ0) is 27.6. The fourth-order valence-electron chi connectivity index (χ4n) is 6.54. The molecule has 5 heterocycles. The van der Waals surface area contributed by atoms with E-state index in [0.717, 1.165) is 32.2 Å². The van der Waals surface area contributed by atoms with Crippen molar-refractivity contribution in [3.63, 3.8) is 0 Å². The van der Waals surface area contributed by atoms with E-state index in [1.165, 1.54) is 11.2 Å². The van der Waals surface area contributed by atoms with Crippen LogP contribution >= 0.6 is 0 Å². The lowest BCUT2D eigenvalue weighted by Crippen LogP contribution is -2.44. The number of hydrogen-bond acceptors (Lipinski definition) is 10. The Morgan fingerprint density at radius 3 is 2.52 bits per heavy atom. The third-order valence-electron chi connectivity index (χ3n) is 8.46. The number of imidazole rings is 1. The van der Waals surface area contributed by atoms with Crippen LogP contribution in [0.3, 0.4) is 0 Å². The molecule has 2 aromatic heterocycles. The Balaban J connectivity index is 0.918. The van der Waals surface area contributed by atoms with Crippen LogP contribution in [0.15, 0.2) is 36.9 Å². The van der Waals surface area contributed by atoms with Gasteiger partial charge in [-0.1, -0.05) is 12.1 Å². The number of fused-ring (bicyclic) bond motifs is 3. The summed E-state index contributed by atoms with van der Waals surface area (Å²) in [6.45, 7) is 5.03. The number of nitrogens with one attached hydrogen (secondary N) is 1. The Morgan fingerprint density at radius 2 is 1.77 bits per heavy atom. The number of rotatable bonds is 8. The maximum Gasteiger partial charge on any atom is 0.261 e. The van der Waals surface area contributed by atoms with Crippen molar-refractivity contribution in [1.29, 1.82) is 0 Å². The fraction of sp³-hybridized carbons (Fsp3) is 0.536. The van der Waals surface area contributed by atoms with Crippen molar-refractivity contribution in [1.82, 2.24) is 29.7 Å². The maximum absolute atomic E-state index is 12.5. The highest BCUT2D eigenvalue weighted by molar-refractivity contribution is 6.21. The van der Waals surface area contributed by atoms with Gasteiger partial charge >= 0.3 is 0 Å². The van der Waals surface area contributed by atoms with E-state index in [4.69, 9.17) is 19.9 Å². The molecule has 1 aliphatic carbocycles. The molecule has 4 atom stereocenters. The molecule has 12 nitrogen and oxygen atoms in total. The molecule has 3 aliphatic heterocycles. The molecule has 2 saturated heterocycles. The van der Waals surface area contributed by atoms with Crippen molar-refractivity contribution >= 4 is 28.8 Å². The molecule has 1 saturated carbocycles. The number of nitrogens with zero attached hydrogens (tertiary/aromatic N) is 5. The highest BCUT2D eigenvalue weighted by Gasteiger charge is 2.56. The quantitative estimate of drug-likeness (QED) is 0.318. The zero-order valence-electron chi connectivity index (χ0n) is 22.5. The molecule has 40 heavy (non-hydrogen) atoms. The molecular weight excluding hydrogens is 514 g/mol. The van der Waals surface area contributed by atoms with Crippen LogP contribution in [0.5, 0.6) is 0 Å². The first-order valence-electron chi connectivity index (χ1n) is 13.9. The highest BCUT2D eigenvalue weighted by Crippen LogP contribution is 2.47. The zero-order valence-corrected chi connectivity index (χ0v) is 22.5. The summed E-state index contributed by atoms with van der Waals surface area (Å²) in [4.78, 5) is 39.3. The Bertz CT molecular complexity index is 1430. The summed E-state index contributed by atoms with van der Waals surface area (Å²) in [6, 6.07) is 7.42. The minimum Gasteiger partial charge on any atom is -0.382 e. The normalized spacial score (nSPS) is 30.6. The van der Waals surface area contributed by atoms with E-state index in [-0.39, 0.29) is 30.1 Å². The SMILES string of the molecule is CC1(C)O[C@@H]2[C@H](O1)[C@@H](CC1CC(NCCCN3C(=O)c4ccccc4C3=O)C1)O[C@H]2n1cnc2c(N)ncnc21. The average Bonchev–Trinajstić information content (AvgIpc) is 3.62. The summed E-state index contributed by atoms with van der Waals surface area (Å²) < 4.78 is 21.0. The van der Waals surface area contributed by atoms with Crippen LogP contribution < -0.4 is 11.1 Å². The third kappa shape index (κ3) is 4.26. The van der Waals surface area contributed by atoms with E-state index in [0.29, 0.717) is 46.6 Å². The van der Waals surface area contributed by atoms with Crippen LogP contribution in [0.25, 0.3) is 11.2 Å². The van der Waals surface area contributed by atoms with Gasteiger partial charge in [0.2, 0.25) is 0 Å². The van der Waals surface area contributed by atoms with Crippen LogP contribution in [0.1, 0.15) is 66.5 Å². The number of ether oxygens (including phenoxy) is 3. The lowest BCUT2D eigenvalue weighted by atomic mass is 9.76. The number of imide groups is 1. The standard InChI is InChI=1S/C28H33N7O5/c1-28(2)39-21-19(38-27(22(21)40-28)35-14-33-20-23(29)31-13-32-24(20)35)12-15-10-16(11-15)30-8-5-9-34-25(36)17-6-3-4-7-18(17)26(34)37/h3-4,6-7,13-16,19,21-22,27,30H,5,8-12H2,1-2H3,(H2,29,31,32)/t15?,16?,19-,21-,22-,27-/m1/s1. The number of nitrogen functional groups attached to an aromatic ring is 1. The lowest BCUT2D eigenvalue weighted by Gasteiger charge is -2.38. The summed E-state index contributed by atoms with van der Waals surface area (Å²) in [5.41, 5.74) is 8.15. The Hall–Kier alpha value is -3.45. The van der Waals surface area contributed by atoms with E-state index in [1.807, 2.05) is 18.4 Å². The second-order valence-electron chi connectivity index (χ2n) is 11.6. The molecule has 0 spiro atoms. The second-order valence-corrected chi connectivity index (χ2v) is 11.6. The van der Waals surface area contributed by atoms with Gasteiger partial charge in [-0.3, -0.25) is 19.1 Å². The number of amides is 2. The van der Waals surface area contributed by atoms with E-state index in [1.54, 1.807) is 30.6 Å². The van der Waals surface area contributed by atoms with Crippen LogP contribution in [0, 0.1) is 5.92 Å². The van der Waals surface area contributed by atoms with Gasteiger partial charge in [0.1, 0.15) is 24.1 Å². The second kappa shape index (κ2) is 9.58. The van der Waals surface area contributed by atoms with Crippen molar-refractivity contribution in [2.45, 2.75) is 75.9 Å². The van der Waals surface area contributed by atoms with E-state index < -0.39 is 12.0 Å². The number of carbonyl (C=O) groups is 2. The molecule has 210 valence electrons. The first-order chi connectivity index (χ1) is 19.3. The molecular formula is C28H33N7O5. The minimum absolute atomic E-state index is 0.117. The minimum atomic E-state index is -0.705. The molecule has 3 N–H and O–H groups in total. The van der Waals surface area contributed by atoms with Crippen LogP contribution in [0.4, 0.5) is 5.82 Å². The summed E-state index contributed by atoms with van der Waals surface area (Å²) in [7, 11) is 0. The smallest absolute Gasteiger partial charge is 0.261 e. The molecule has 3 aromatic rings. The molecule has 0 radical (unpaired) electrons. The van der Waals surface area contributed by atoms with Crippen LogP contribution in [0.2, 0.25) is 0 Å². The molecule has 1 aromatic carbocycles. The largest absolute Gasteiger partial charge is 0.382 e. The third-order valence-corrected chi connectivity index (χ3v) is 8.46. The van der Waals surface area contributed by atoms with Gasteiger partial charge in [0.15, 0.2) is 23.5 Å².